The number of carbonyl (C=O) groups is 1. The molecule has 30 heavy (non-hydrogen) atoms. The maximum Gasteiger partial charge on any atom is 0.224 e. The zero-order valence-electron chi connectivity index (χ0n) is 17.7. The average Bonchev–Trinajstić information content (AvgIpc) is 3.12. The molecule has 7 nitrogen and oxygen atoms in total. The fourth-order valence-corrected chi connectivity index (χ4v) is 4.51. The molecule has 2 aromatic heterocycles. The highest BCUT2D eigenvalue weighted by Gasteiger charge is 2.47. The fraction of sp³-hybridized carbons (Fsp3) is 0.478. The molecule has 0 radical (unpaired) electrons. The molecular weight excluding hydrogens is 380 g/mol. The number of ketones is 1. The van der Waals surface area contributed by atoms with Gasteiger partial charge in [0.2, 0.25) is 5.89 Å². The average molecular weight is 409 g/mol. The van der Waals surface area contributed by atoms with E-state index in [9.17, 15) is 4.79 Å². The molecule has 2 aliphatic rings. The fourth-order valence-electron chi connectivity index (χ4n) is 4.51. The van der Waals surface area contributed by atoms with Crippen LogP contribution in [0.1, 0.15) is 49.8 Å². The van der Waals surface area contributed by atoms with Crippen molar-refractivity contribution >= 4 is 17.1 Å². The topological polar surface area (TPSA) is 104 Å². The van der Waals surface area contributed by atoms with Crippen LogP contribution in [0.4, 0.5) is 0 Å². The Hall–Kier alpha value is -2.64. The minimum Gasteiger partial charge on any atom is -0.442 e. The van der Waals surface area contributed by atoms with E-state index in [1.165, 1.54) is 0 Å². The Labute approximate surface area is 176 Å². The number of allylic oxidation sites excluding steroid dienone is 1. The molecule has 1 fully saturated rings. The van der Waals surface area contributed by atoms with Crippen LogP contribution < -0.4 is 5.73 Å². The van der Waals surface area contributed by atoms with E-state index in [-0.39, 0.29) is 29.6 Å². The first kappa shape index (κ1) is 20.6. The second-order valence-electron chi connectivity index (χ2n) is 8.81. The third-order valence-corrected chi connectivity index (χ3v) is 5.65. The summed E-state index contributed by atoms with van der Waals surface area (Å²) in [5.41, 5.74) is 8.89. The predicted octanol–water partition coefficient (Wildman–Crippen LogP) is 3.31. The molecule has 158 valence electrons. The van der Waals surface area contributed by atoms with Gasteiger partial charge in [-0.3, -0.25) is 14.8 Å². The van der Waals surface area contributed by atoms with E-state index in [4.69, 9.17) is 19.9 Å². The molecule has 1 saturated carbocycles. The van der Waals surface area contributed by atoms with Gasteiger partial charge in [0, 0.05) is 42.6 Å². The number of rotatable bonds is 6. The number of aryl methyl sites for hydroxylation is 1. The van der Waals surface area contributed by atoms with Crippen molar-refractivity contribution in [2.75, 3.05) is 19.8 Å². The number of oxazole rings is 1. The quantitative estimate of drug-likeness (QED) is 0.736. The van der Waals surface area contributed by atoms with Crippen LogP contribution in [-0.4, -0.2) is 41.2 Å². The van der Waals surface area contributed by atoms with Gasteiger partial charge in [0.15, 0.2) is 0 Å². The molecule has 0 aromatic carbocycles. The molecule has 0 saturated heterocycles. The number of hydrogen-bond donors (Lipinski definition) is 1. The van der Waals surface area contributed by atoms with Gasteiger partial charge < -0.3 is 14.9 Å². The van der Waals surface area contributed by atoms with Gasteiger partial charge in [-0.1, -0.05) is 19.9 Å². The number of fused-ring (bicyclic) bond motifs is 1. The molecule has 7 heteroatoms. The Bertz CT molecular complexity index is 991. The summed E-state index contributed by atoms with van der Waals surface area (Å²) in [5.74, 6) is 0.775. The SMILES string of the molecule is Cc1cnc(C2=C(COCCN)N=C3CC(C)(C)CC(=O)C3C2c2cccnc2)o1. The van der Waals surface area contributed by atoms with Gasteiger partial charge in [-0.25, -0.2) is 4.98 Å². The van der Waals surface area contributed by atoms with Gasteiger partial charge in [0.1, 0.15) is 11.5 Å². The van der Waals surface area contributed by atoms with Crippen molar-refractivity contribution in [1.29, 1.82) is 0 Å². The standard InChI is InChI=1S/C23H28N4O3/c1-14-11-26-22(30-14)21-17(13-29-8-6-24)27-16-9-23(2,3)10-18(28)20(16)19(21)15-5-4-7-25-12-15/h4-5,7,11-12,19-20H,6,8-10,13,24H2,1-3H3. The van der Waals surface area contributed by atoms with Crippen LogP contribution >= 0.6 is 0 Å². The number of carbonyl (C=O) groups excluding carboxylic acids is 1. The number of hydrogen-bond acceptors (Lipinski definition) is 7. The summed E-state index contributed by atoms with van der Waals surface area (Å²) in [6.07, 6.45) is 6.51. The second-order valence-corrected chi connectivity index (χ2v) is 8.81. The maximum atomic E-state index is 13.4. The Morgan fingerprint density at radius 1 is 1.27 bits per heavy atom. The number of nitrogens with two attached hydrogens (primary N) is 1. The molecule has 0 amide bonds. The van der Waals surface area contributed by atoms with Gasteiger partial charge in [0.05, 0.1) is 31.0 Å². The summed E-state index contributed by atoms with van der Waals surface area (Å²) in [4.78, 5) is 27.1. The lowest BCUT2D eigenvalue weighted by atomic mass is 9.63. The van der Waals surface area contributed by atoms with Crippen LogP contribution in [0.5, 0.6) is 0 Å². The summed E-state index contributed by atoms with van der Waals surface area (Å²) in [7, 11) is 0. The van der Waals surface area contributed by atoms with Crippen molar-refractivity contribution in [1.82, 2.24) is 9.97 Å². The van der Waals surface area contributed by atoms with Gasteiger partial charge in [0.25, 0.3) is 0 Å². The third-order valence-electron chi connectivity index (χ3n) is 5.65. The maximum absolute atomic E-state index is 13.4. The molecule has 3 heterocycles. The number of ether oxygens (including phenoxy) is 1. The van der Waals surface area contributed by atoms with E-state index >= 15 is 0 Å². The summed E-state index contributed by atoms with van der Waals surface area (Å²) >= 11 is 0. The van der Waals surface area contributed by atoms with E-state index in [1.807, 2.05) is 25.3 Å². The number of nitrogens with zero attached hydrogens (tertiary/aromatic N) is 3. The third kappa shape index (κ3) is 4.00. The lowest BCUT2D eigenvalue weighted by Crippen LogP contribution is -2.43. The van der Waals surface area contributed by atoms with Crippen LogP contribution in [-0.2, 0) is 9.53 Å². The van der Waals surface area contributed by atoms with E-state index in [0.29, 0.717) is 31.2 Å². The van der Waals surface area contributed by atoms with Crippen molar-refractivity contribution in [2.24, 2.45) is 22.1 Å². The summed E-state index contributed by atoms with van der Waals surface area (Å²) in [6.45, 7) is 7.23. The van der Waals surface area contributed by atoms with Crippen LogP contribution in [0.15, 0.2) is 45.8 Å². The van der Waals surface area contributed by atoms with Crippen molar-refractivity contribution in [2.45, 2.75) is 39.5 Å². The number of aliphatic imine (C=N–C) groups is 1. The van der Waals surface area contributed by atoms with Crippen LogP contribution in [0.25, 0.3) is 5.57 Å². The lowest BCUT2D eigenvalue weighted by Gasteiger charge is -2.41. The van der Waals surface area contributed by atoms with Crippen molar-refractivity contribution in [3.8, 4) is 0 Å². The highest BCUT2D eigenvalue weighted by atomic mass is 16.5. The lowest BCUT2D eigenvalue weighted by molar-refractivity contribution is -0.124. The molecule has 2 atom stereocenters. The van der Waals surface area contributed by atoms with Crippen LogP contribution in [0, 0.1) is 18.3 Å². The van der Waals surface area contributed by atoms with E-state index < -0.39 is 0 Å². The molecule has 1 aliphatic heterocycles. The zero-order chi connectivity index (χ0) is 21.3. The first-order valence-electron chi connectivity index (χ1n) is 10.3. The van der Waals surface area contributed by atoms with Gasteiger partial charge in [-0.05, 0) is 30.4 Å². The Kier molecular flexibility index (Phi) is 5.66. The first-order chi connectivity index (χ1) is 14.4. The Morgan fingerprint density at radius 2 is 2.10 bits per heavy atom. The summed E-state index contributed by atoms with van der Waals surface area (Å²) < 4.78 is 11.7. The molecule has 1 aliphatic carbocycles. The molecule has 0 spiro atoms. The highest BCUT2D eigenvalue weighted by molar-refractivity contribution is 6.12. The monoisotopic (exact) mass is 408 g/mol. The Morgan fingerprint density at radius 3 is 2.77 bits per heavy atom. The molecule has 4 rings (SSSR count). The van der Waals surface area contributed by atoms with Gasteiger partial charge >= 0.3 is 0 Å². The molecule has 2 unspecified atom stereocenters. The Balaban J connectivity index is 1.90. The minimum absolute atomic E-state index is 0.119. The second kappa shape index (κ2) is 8.24. The smallest absolute Gasteiger partial charge is 0.224 e. The minimum atomic E-state index is -0.345. The van der Waals surface area contributed by atoms with Crippen molar-refractivity contribution in [3.63, 3.8) is 0 Å². The first-order valence-corrected chi connectivity index (χ1v) is 10.3. The normalized spacial score (nSPS) is 23.3. The van der Waals surface area contributed by atoms with Crippen molar-refractivity contribution in [3.05, 3.63) is 53.6 Å². The molecular formula is C23H28N4O3. The largest absolute Gasteiger partial charge is 0.442 e. The van der Waals surface area contributed by atoms with Crippen molar-refractivity contribution < 1.29 is 13.9 Å². The van der Waals surface area contributed by atoms with Gasteiger partial charge in [-0.15, -0.1) is 0 Å². The zero-order valence-corrected chi connectivity index (χ0v) is 17.7. The molecule has 2 aromatic rings. The van der Waals surface area contributed by atoms with Crippen LogP contribution in [0.3, 0.4) is 0 Å². The van der Waals surface area contributed by atoms with E-state index in [1.54, 1.807) is 12.4 Å². The number of Topliss-reactive ketones (excluding diaryl/α,β-unsaturated/α-hetero) is 1. The predicted molar refractivity (Wildman–Crippen MR) is 114 cm³/mol. The summed E-state index contributed by atoms with van der Waals surface area (Å²) in [6, 6.07) is 3.89. The highest BCUT2D eigenvalue weighted by Crippen LogP contribution is 2.49. The van der Waals surface area contributed by atoms with E-state index in [2.05, 4.69) is 23.8 Å². The summed E-state index contributed by atoms with van der Waals surface area (Å²) in [5, 5.41) is 0. The van der Waals surface area contributed by atoms with Gasteiger partial charge in [-0.2, -0.15) is 0 Å². The number of aromatic nitrogens is 2. The number of pyridine rings is 1. The van der Waals surface area contributed by atoms with E-state index in [0.717, 1.165) is 29.0 Å². The molecule has 0 bridgehead atoms. The molecule has 2 N–H and O–H groups in total. The van der Waals surface area contributed by atoms with Crippen LogP contribution in [0.2, 0.25) is 0 Å².